The molecule has 1 aromatic heterocycles. The summed E-state index contributed by atoms with van der Waals surface area (Å²) in [5.41, 5.74) is 8.10. The Hall–Kier alpha value is -4.01. The molecular weight excluding hydrogens is 410 g/mol. The molecule has 0 aliphatic rings. The maximum atomic E-state index is 12.4. The molecule has 0 aliphatic heterocycles. The van der Waals surface area contributed by atoms with Crippen molar-refractivity contribution in [2.45, 2.75) is 11.9 Å². The van der Waals surface area contributed by atoms with E-state index < -0.39 is 0 Å². The molecular formula is C23H19N5O2S. The Morgan fingerprint density at radius 3 is 2.39 bits per heavy atom. The quantitative estimate of drug-likeness (QED) is 0.539. The van der Waals surface area contributed by atoms with Crippen LogP contribution in [0.4, 0.5) is 11.5 Å². The number of rotatable bonds is 7. The Balaban J connectivity index is 1.82. The number of carbonyl (C=O) groups is 1. The first kappa shape index (κ1) is 21.7. The van der Waals surface area contributed by atoms with E-state index in [0.29, 0.717) is 28.4 Å². The van der Waals surface area contributed by atoms with Crippen molar-refractivity contribution in [2.75, 3.05) is 23.4 Å². The van der Waals surface area contributed by atoms with Crippen LogP contribution in [0.25, 0.3) is 11.1 Å². The molecule has 8 heteroatoms. The van der Waals surface area contributed by atoms with Gasteiger partial charge in [-0.05, 0) is 36.8 Å². The second-order valence-electron chi connectivity index (χ2n) is 6.31. The summed E-state index contributed by atoms with van der Waals surface area (Å²) < 4.78 is 5.38. The van der Waals surface area contributed by atoms with Crippen molar-refractivity contribution in [1.82, 2.24) is 4.98 Å². The molecule has 3 rings (SSSR count). The molecule has 0 saturated heterocycles. The van der Waals surface area contributed by atoms with Gasteiger partial charge < -0.3 is 15.8 Å². The smallest absolute Gasteiger partial charge is 0.234 e. The molecule has 3 N–H and O–H groups in total. The normalized spacial score (nSPS) is 10.0. The molecule has 0 atom stereocenters. The van der Waals surface area contributed by atoms with E-state index in [2.05, 4.69) is 16.4 Å². The molecule has 154 valence electrons. The van der Waals surface area contributed by atoms with Gasteiger partial charge in [-0.1, -0.05) is 42.1 Å². The molecule has 0 spiro atoms. The Kier molecular flexibility index (Phi) is 7.10. The van der Waals surface area contributed by atoms with E-state index in [1.54, 1.807) is 36.4 Å². The highest BCUT2D eigenvalue weighted by molar-refractivity contribution is 8.00. The van der Waals surface area contributed by atoms with Crippen LogP contribution >= 0.6 is 11.8 Å². The van der Waals surface area contributed by atoms with E-state index in [1.807, 2.05) is 31.2 Å². The average molecular weight is 430 g/mol. The zero-order chi connectivity index (χ0) is 22.2. The summed E-state index contributed by atoms with van der Waals surface area (Å²) in [6, 6.07) is 20.3. The van der Waals surface area contributed by atoms with Crippen LogP contribution in [-0.4, -0.2) is 23.3 Å². The number of nitriles is 2. The van der Waals surface area contributed by atoms with Gasteiger partial charge in [0.1, 0.15) is 34.3 Å². The Morgan fingerprint density at radius 1 is 1.10 bits per heavy atom. The van der Waals surface area contributed by atoms with Crippen LogP contribution in [0.2, 0.25) is 0 Å². The van der Waals surface area contributed by atoms with Gasteiger partial charge in [0.25, 0.3) is 0 Å². The number of nitrogens with zero attached hydrogens (tertiary/aromatic N) is 3. The fourth-order valence-electron chi connectivity index (χ4n) is 2.93. The third kappa shape index (κ3) is 5.13. The number of nitrogen functional groups attached to an aromatic ring is 1. The maximum absolute atomic E-state index is 12.4. The number of thioether (sulfide) groups is 1. The number of amides is 1. The van der Waals surface area contributed by atoms with Crippen molar-refractivity contribution in [1.29, 1.82) is 10.5 Å². The first-order valence-electron chi connectivity index (χ1n) is 9.42. The van der Waals surface area contributed by atoms with E-state index in [0.717, 1.165) is 17.5 Å². The van der Waals surface area contributed by atoms with Crippen molar-refractivity contribution in [3.63, 3.8) is 0 Å². The third-order valence-corrected chi connectivity index (χ3v) is 5.24. The fraction of sp³-hybridized carbons (Fsp3) is 0.130. The minimum absolute atomic E-state index is 0.0223. The molecule has 1 heterocycles. The van der Waals surface area contributed by atoms with Gasteiger partial charge in [-0.25, -0.2) is 4.98 Å². The number of anilines is 2. The zero-order valence-corrected chi connectivity index (χ0v) is 17.6. The summed E-state index contributed by atoms with van der Waals surface area (Å²) in [7, 11) is 0. The SMILES string of the molecule is CCOc1ccc(NC(=O)CSc2nc(N)c(C#N)c(-c3ccccc3)c2C#N)cc1. The molecule has 0 saturated carbocycles. The van der Waals surface area contributed by atoms with E-state index in [1.165, 1.54) is 0 Å². The van der Waals surface area contributed by atoms with Crippen molar-refractivity contribution < 1.29 is 9.53 Å². The number of hydrogen-bond acceptors (Lipinski definition) is 7. The van der Waals surface area contributed by atoms with Crippen molar-refractivity contribution >= 4 is 29.2 Å². The lowest BCUT2D eigenvalue weighted by atomic mass is 9.97. The molecule has 0 aliphatic carbocycles. The summed E-state index contributed by atoms with van der Waals surface area (Å²) in [5.74, 6) is 0.507. The van der Waals surface area contributed by atoms with E-state index >= 15 is 0 Å². The number of nitrogens with one attached hydrogen (secondary N) is 1. The lowest BCUT2D eigenvalue weighted by Gasteiger charge is -2.13. The highest BCUT2D eigenvalue weighted by Crippen LogP contribution is 2.35. The molecule has 7 nitrogen and oxygen atoms in total. The number of carbonyl (C=O) groups excluding carboxylic acids is 1. The Morgan fingerprint density at radius 2 is 1.77 bits per heavy atom. The minimum Gasteiger partial charge on any atom is -0.494 e. The van der Waals surface area contributed by atoms with Gasteiger partial charge in [0.05, 0.1) is 17.9 Å². The van der Waals surface area contributed by atoms with Gasteiger partial charge in [-0.15, -0.1) is 0 Å². The van der Waals surface area contributed by atoms with Crippen LogP contribution in [0, 0.1) is 22.7 Å². The van der Waals surface area contributed by atoms with Crippen molar-refractivity contribution in [3.8, 4) is 29.0 Å². The Bertz CT molecular complexity index is 1170. The predicted octanol–water partition coefficient (Wildman–Crippen LogP) is 4.20. The summed E-state index contributed by atoms with van der Waals surface area (Å²) in [4.78, 5) is 16.6. The number of ether oxygens (including phenoxy) is 1. The van der Waals surface area contributed by atoms with E-state index in [9.17, 15) is 15.3 Å². The lowest BCUT2D eigenvalue weighted by Crippen LogP contribution is -2.14. The zero-order valence-electron chi connectivity index (χ0n) is 16.8. The van der Waals surface area contributed by atoms with Gasteiger partial charge in [0.15, 0.2) is 0 Å². The molecule has 0 fully saturated rings. The van der Waals surface area contributed by atoms with Gasteiger partial charge in [-0.3, -0.25) is 4.79 Å². The second-order valence-corrected chi connectivity index (χ2v) is 7.28. The van der Waals surface area contributed by atoms with Gasteiger partial charge in [-0.2, -0.15) is 10.5 Å². The van der Waals surface area contributed by atoms with Gasteiger partial charge >= 0.3 is 0 Å². The molecule has 31 heavy (non-hydrogen) atoms. The van der Waals surface area contributed by atoms with Crippen LogP contribution < -0.4 is 15.8 Å². The van der Waals surface area contributed by atoms with Gasteiger partial charge in [0, 0.05) is 11.3 Å². The first-order chi connectivity index (χ1) is 15.1. The molecule has 1 amide bonds. The lowest BCUT2D eigenvalue weighted by molar-refractivity contribution is -0.113. The average Bonchev–Trinajstić information content (AvgIpc) is 2.79. The van der Waals surface area contributed by atoms with E-state index in [-0.39, 0.29) is 28.6 Å². The summed E-state index contributed by atoms with van der Waals surface area (Å²) in [5, 5.41) is 22.4. The highest BCUT2D eigenvalue weighted by atomic mass is 32.2. The van der Waals surface area contributed by atoms with Gasteiger partial charge in [0.2, 0.25) is 5.91 Å². The van der Waals surface area contributed by atoms with Crippen LogP contribution in [0.15, 0.2) is 59.6 Å². The molecule has 0 bridgehead atoms. The van der Waals surface area contributed by atoms with Crippen LogP contribution in [0.1, 0.15) is 18.1 Å². The standard InChI is InChI=1S/C23H19N5O2S/c1-2-30-17-10-8-16(9-11-17)27-20(29)14-31-23-19(13-25)21(15-6-4-3-5-7-15)18(12-24)22(26)28-23/h3-11H,2,14H2,1H3,(H2,26,28)(H,27,29). The fourth-order valence-corrected chi connectivity index (χ4v) is 3.72. The topological polar surface area (TPSA) is 125 Å². The Labute approximate surface area is 184 Å². The van der Waals surface area contributed by atoms with Crippen molar-refractivity contribution in [3.05, 3.63) is 65.7 Å². The molecule has 0 unspecified atom stereocenters. The largest absolute Gasteiger partial charge is 0.494 e. The maximum Gasteiger partial charge on any atom is 0.234 e. The summed E-state index contributed by atoms with van der Waals surface area (Å²) in [6.45, 7) is 2.46. The monoisotopic (exact) mass is 429 g/mol. The van der Waals surface area contributed by atoms with E-state index in [4.69, 9.17) is 10.5 Å². The second kappa shape index (κ2) is 10.1. The minimum atomic E-state index is -0.260. The summed E-state index contributed by atoms with van der Waals surface area (Å²) >= 11 is 1.09. The first-order valence-corrected chi connectivity index (χ1v) is 10.4. The predicted molar refractivity (Wildman–Crippen MR) is 120 cm³/mol. The third-order valence-electron chi connectivity index (χ3n) is 4.27. The molecule has 0 radical (unpaired) electrons. The number of aromatic nitrogens is 1. The number of pyridine rings is 1. The molecule has 3 aromatic rings. The van der Waals surface area contributed by atoms with Crippen LogP contribution in [-0.2, 0) is 4.79 Å². The molecule has 2 aromatic carbocycles. The number of hydrogen-bond donors (Lipinski definition) is 2. The van der Waals surface area contributed by atoms with Crippen LogP contribution in [0.3, 0.4) is 0 Å². The number of nitrogens with two attached hydrogens (primary N) is 1. The summed E-state index contributed by atoms with van der Waals surface area (Å²) in [6.07, 6.45) is 0. The van der Waals surface area contributed by atoms with Crippen molar-refractivity contribution in [2.24, 2.45) is 0 Å². The highest BCUT2D eigenvalue weighted by Gasteiger charge is 2.21. The number of benzene rings is 2. The van der Waals surface area contributed by atoms with Crippen LogP contribution in [0.5, 0.6) is 5.75 Å².